The summed E-state index contributed by atoms with van der Waals surface area (Å²) in [6.45, 7) is 7.24. The molecule has 0 radical (unpaired) electrons. The van der Waals surface area contributed by atoms with Gasteiger partial charge in [0.25, 0.3) is 0 Å². The molecule has 4 heteroatoms. The summed E-state index contributed by atoms with van der Waals surface area (Å²) >= 11 is 0. The van der Waals surface area contributed by atoms with Gasteiger partial charge in [-0.25, -0.2) is 4.79 Å². The molecule has 0 aliphatic rings. The summed E-state index contributed by atoms with van der Waals surface area (Å²) in [4.78, 5) is 11.7. The molecule has 2 aromatic rings. The normalized spacial score (nSPS) is 13.4. The van der Waals surface area contributed by atoms with Gasteiger partial charge in [-0.3, -0.25) is 0 Å². The summed E-state index contributed by atoms with van der Waals surface area (Å²) in [6, 6.07) is 20.1. The van der Waals surface area contributed by atoms with Gasteiger partial charge in [-0.05, 0) is 42.5 Å². The molecule has 0 aromatic heterocycles. The summed E-state index contributed by atoms with van der Waals surface area (Å²) in [5.74, 6) is -0.367. The Labute approximate surface area is 173 Å². The molecule has 0 saturated carbocycles. The fourth-order valence-electron chi connectivity index (χ4n) is 3.70. The van der Waals surface area contributed by atoms with Crippen LogP contribution in [0.2, 0.25) is 0 Å². The topological polar surface area (TPSA) is 59.3 Å². The van der Waals surface area contributed by atoms with Crippen molar-refractivity contribution in [1.29, 1.82) is 5.26 Å². The smallest absolute Gasteiger partial charge is 0.330 e. The lowest BCUT2D eigenvalue weighted by Gasteiger charge is -2.39. The first-order valence-corrected chi connectivity index (χ1v) is 9.62. The van der Waals surface area contributed by atoms with Gasteiger partial charge in [0, 0.05) is 11.5 Å². The van der Waals surface area contributed by atoms with Crippen LogP contribution in [0, 0.1) is 17.2 Å². The molecule has 150 valence electrons. The molecule has 0 saturated heterocycles. The number of nitrogens with zero attached hydrogens (tertiary/aromatic N) is 1. The first kappa shape index (κ1) is 22.0. The Morgan fingerprint density at radius 1 is 1.14 bits per heavy atom. The molecule has 0 N–H and O–H groups in total. The number of nitriles is 1. The predicted molar refractivity (Wildman–Crippen MR) is 115 cm³/mol. The van der Waals surface area contributed by atoms with Crippen molar-refractivity contribution in [3.8, 4) is 11.8 Å². The second kappa shape index (κ2) is 10.9. The number of rotatable bonds is 11. The monoisotopic (exact) mass is 389 g/mol. The number of carbonyl (C=O) groups excluding carboxylic acids is 1. The van der Waals surface area contributed by atoms with Crippen molar-refractivity contribution in [3.05, 3.63) is 91.0 Å². The van der Waals surface area contributed by atoms with Crippen molar-refractivity contribution in [2.45, 2.75) is 24.7 Å². The van der Waals surface area contributed by atoms with Crippen LogP contribution in [0.5, 0.6) is 5.75 Å². The maximum Gasteiger partial charge on any atom is 0.330 e. The van der Waals surface area contributed by atoms with Crippen molar-refractivity contribution < 1.29 is 14.3 Å². The third-order valence-electron chi connectivity index (χ3n) is 5.18. The van der Waals surface area contributed by atoms with Gasteiger partial charge in [0.05, 0.1) is 19.1 Å². The first-order chi connectivity index (χ1) is 14.1. The lowest BCUT2D eigenvalue weighted by atomic mass is 9.63. The minimum Gasteiger partial charge on any atom is -0.497 e. The number of hydrogen-bond acceptors (Lipinski definition) is 4. The van der Waals surface area contributed by atoms with E-state index in [0.29, 0.717) is 6.42 Å². The average Bonchev–Trinajstić information content (AvgIpc) is 2.78. The number of hydrogen-bond donors (Lipinski definition) is 0. The molecule has 0 amide bonds. The largest absolute Gasteiger partial charge is 0.497 e. The highest BCUT2D eigenvalue weighted by molar-refractivity contribution is 5.81. The van der Waals surface area contributed by atoms with E-state index in [9.17, 15) is 10.1 Å². The maximum atomic E-state index is 11.7. The first-order valence-electron chi connectivity index (χ1n) is 9.62. The summed E-state index contributed by atoms with van der Waals surface area (Å²) in [5, 5.41) is 10.1. The van der Waals surface area contributed by atoms with E-state index in [1.54, 1.807) is 7.11 Å². The molecule has 0 fully saturated rings. The third kappa shape index (κ3) is 5.14. The van der Waals surface area contributed by atoms with Gasteiger partial charge in [0.2, 0.25) is 0 Å². The van der Waals surface area contributed by atoms with Gasteiger partial charge < -0.3 is 9.47 Å². The zero-order chi connectivity index (χ0) is 21.1. The van der Waals surface area contributed by atoms with Gasteiger partial charge in [-0.1, -0.05) is 55.1 Å². The highest BCUT2D eigenvalue weighted by Crippen LogP contribution is 2.44. The van der Waals surface area contributed by atoms with Crippen LogP contribution in [0.25, 0.3) is 0 Å². The molecule has 2 rings (SSSR count). The van der Waals surface area contributed by atoms with Crippen LogP contribution in [0.3, 0.4) is 0 Å². The molecule has 2 aromatic carbocycles. The summed E-state index contributed by atoms with van der Waals surface area (Å²) in [5.41, 5.74) is 1.34. The van der Waals surface area contributed by atoms with Gasteiger partial charge in [0.1, 0.15) is 12.4 Å². The van der Waals surface area contributed by atoms with Crippen molar-refractivity contribution in [2.75, 3.05) is 13.7 Å². The zero-order valence-corrected chi connectivity index (χ0v) is 16.8. The fourth-order valence-corrected chi connectivity index (χ4v) is 3.70. The molecule has 0 bridgehead atoms. The quantitative estimate of drug-likeness (QED) is 0.229. The number of carbonyl (C=O) groups is 1. The number of esters is 1. The molecular weight excluding hydrogens is 362 g/mol. The number of unbranched alkanes of at least 4 members (excludes halogenated alkanes) is 1. The van der Waals surface area contributed by atoms with Crippen LogP contribution < -0.4 is 4.74 Å². The van der Waals surface area contributed by atoms with Gasteiger partial charge in [0.15, 0.2) is 0 Å². The summed E-state index contributed by atoms with van der Waals surface area (Å²) in [6.07, 6.45) is 5.37. The van der Waals surface area contributed by atoms with Gasteiger partial charge in [-0.15, -0.1) is 6.58 Å². The van der Waals surface area contributed by atoms with Crippen LogP contribution in [0.4, 0.5) is 0 Å². The van der Waals surface area contributed by atoms with E-state index >= 15 is 0 Å². The molecular formula is C25H27NO3. The van der Waals surface area contributed by atoms with Gasteiger partial charge in [-0.2, -0.15) is 5.26 Å². The van der Waals surface area contributed by atoms with E-state index < -0.39 is 17.3 Å². The van der Waals surface area contributed by atoms with E-state index in [1.165, 1.54) is 0 Å². The standard InChI is InChI=1S/C25H27NO3/c1-4-6-10-17-25(20-11-8-7-9-12-20,21-13-15-23(28-3)16-14-21)22(18-26)19-29-24(27)5-2/h4-5,7-9,11-16,22H,1-2,6,10,17,19H2,3H3. The lowest BCUT2D eigenvalue weighted by molar-refractivity contribution is -0.139. The summed E-state index contributed by atoms with van der Waals surface area (Å²) in [7, 11) is 1.62. The van der Waals surface area contributed by atoms with Crippen LogP contribution >= 0.6 is 0 Å². The Morgan fingerprint density at radius 2 is 1.79 bits per heavy atom. The average molecular weight is 389 g/mol. The van der Waals surface area contributed by atoms with Crippen LogP contribution in [0.1, 0.15) is 30.4 Å². The van der Waals surface area contributed by atoms with Crippen LogP contribution in [-0.4, -0.2) is 19.7 Å². The van der Waals surface area contributed by atoms with E-state index in [-0.39, 0.29) is 6.61 Å². The Kier molecular flexibility index (Phi) is 8.24. The number of benzene rings is 2. The van der Waals surface area contributed by atoms with E-state index in [0.717, 1.165) is 35.8 Å². The predicted octanol–water partition coefficient (Wildman–Crippen LogP) is 5.21. The molecule has 4 nitrogen and oxygen atoms in total. The second-order valence-corrected chi connectivity index (χ2v) is 6.76. The Bertz CT molecular complexity index is 852. The van der Waals surface area contributed by atoms with Gasteiger partial charge >= 0.3 is 5.97 Å². The molecule has 2 atom stereocenters. The zero-order valence-electron chi connectivity index (χ0n) is 16.8. The lowest BCUT2D eigenvalue weighted by Crippen LogP contribution is -2.39. The molecule has 29 heavy (non-hydrogen) atoms. The van der Waals surface area contributed by atoms with Crippen molar-refractivity contribution >= 4 is 5.97 Å². The Balaban J connectivity index is 2.62. The van der Waals surface area contributed by atoms with Crippen LogP contribution in [-0.2, 0) is 14.9 Å². The Morgan fingerprint density at radius 3 is 2.34 bits per heavy atom. The minimum atomic E-state index is -0.646. The number of allylic oxidation sites excluding steroid dienone is 1. The SMILES string of the molecule is C=CCCCC(c1ccccc1)(c1ccc(OC)cc1)C(C#N)COC(=O)C=C. The molecule has 0 aliphatic carbocycles. The van der Waals surface area contributed by atoms with E-state index in [1.807, 2.05) is 60.7 Å². The summed E-state index contributed by atoms with van der Waals surface area (Å²) < 4.78 is 10.6. The Hall–Kier alpha value is -3.32. The molecule has 0 aliphatic heterocycles. The van der Waals surface area contributed by atoms with Crippen LogP contribution in [0.15, 0.2) is 79.9 Å². The number of methoxy groups -OCH3 is 1. The maximum absolute atomic E-state index is 11.7. The second-order valence-electron chi connectivity index (χ2n) is 6.76. The van der Waals surface area contributed by atoms with E-state index in [2.05, 4.69) is 19.2 Å². The molecule has 0 heterocycles. The van der Waals surface area contributed by atoms with Crippen molar-refractivity contribution in [1.82, 2.24) is 0 Å². The highest BCUT2D eigenvalue weighted by Gasteiger charge is 2.42. The van der Waals surface area contributed by atoms with Crippen molar-refractivity contribution in [3.63, 3.8) is 0 Å². The van der Waals surface area contributed by atoms with Crippen molar-refractivity contribution in [2.24, 2.45) is 5.92 Å². The van der Waals surface area contributed by atoms with E-state index in [4.69, 9.17) is 9.47 Å². The minimum absolute atomic E-state index is 0.0175. The molecule has 2 unspecified atom stereocenters. The fraction of sp³-hybridized carbons (Fsp3) is 0.280. The third-order valence-corrected chi connectivity index (χ3v) is 5.18. The molecule has 0 spiro atoms. The highest BCUT2D eigenvalue weighted by atomic mass is 16.5. The number of ether oxygens (including phenoxy) is 2.